The molecule has 7 heteroatoms. The molecule has 0 radical (unpaired) electrons. The smallest absolute Gasteiger partial charge is 0.243 e. The maximum absolute atomic E-state index is 12.3. The molecule has 0 aromatic heterocycles. The van der Waals surface area contributed by atoms with E-state index < -0.39 is 6.04 Å². The number of nitrogens with one attached hydrogen (secondary N) is 2. The lowest BCUT2D eigenvalue weighted by Crippen LogP contribution is -2.42. The van der Waals surface area contributed by atoms with Gasteiger partial charge in [0, 0.05) is 31.7 Å². The van der Waals surface area contributed by atoms with Crippen molar-refractivity contribution in [3.8, 4) is 0 Å². The van der Waals surface area contributed by atoms with Crippen LogP contribution >= 0.6 is 0 Å². The summed E-state index contributed by atoms with van der Waals surface area (Å²) < 4.78 is 5.10. The van der Waals surface area contributed by atoms with E-state index in [0.29, 0.717) is 31.7 Å². The average molecular weight is 318 g/mol. The second kappa shape index (κ2) is 7.73. The summed E-state index contributed by atoms with van der Waals surface area (Å²) >= 11 is 0. The molecule has 0 bridgehead atoms. The summed E-state index contributed by atoms with van der Waals surface area (Å²) in [4.78, 5) is 25.0. The van der Waals surface area contributed by atoms with Crippen molar-refractivity contribution in [2.24, 2.45) is 11.7 Å². The van der Waals surface area contributed by atoms with Crippen molar-refractivity contribution in [1.29, 1.82) is 5.41 Å². The van der Waals surface area contributed by atoms with Crippen molar-refractivity contribution < 1.29 is 14.3 Å². The molecule has 1 aliphatic rings. The van der Waals surface area contributed by atoms with E-state index in [1.807, 2.05) is 12.1 Å². The Kier molecular flexibility index (Phi) is 5.70. The molecule has 1 aliphatic heterocycles. The molecule has 1 saturated heterocycles. The highest BCUT2D eigenvalue weighted by Crippen LogP contribution is 2.22. The summed E-state index contributed by atoms with van der Waals surface area (Å²) in [5.41, 5.74) is 6.96. The van der Waals surface area contributed by atoms with Crippen molar-refractivity contribution in [2.75, 3.05) is 20.3 Å². The molecular weight excluding hydrogens is 296 g/mol. The Morgan fingerprint density at radius 2 is 2.17 bits per heavy atom. The van der Waals surface area contributed by atoms with Crippen LogP contribution in [-0.2, 0) is 20.9 Å². The van der Waals surface area contributed by atoms with Crippen LogP contribution in [0.1, 0.15) is 17.5 Å². The van der Waals surface area contributed by atoms with Crippen LogP contribution < -0.4 is 11.1 Å². The summed E-state index contributed by atoms with van der Waals surface area (Å²) in [6.45, 7) is 1.46. The van der Waals surface area contributed by atoms with Crippen LogP contribution in [-0.4, -0.2) is 49.4 Å². The summed E-state index contributed by atoms with van der Waals surface area (Å²) in [7, 11) is 1.61. The van der Waals surface area contributed by atoms with Gasteiger partial charge in [-0.25, -0.2) is 0 Å². The molecule has 1 aromatic rings. The number of nitrogen functional groups attached to an aromatic ring is 1. The predicted octanol–water partition coefficient (Wildman–Crippen LogP) is 0.0802. The normalized spacial score (nSPS) is 20.3. The summed E-state index contributed by atoms with van der Waals surface area (Å²) in [5.74, 6) is 0.0412. The van der Waals surface area contributed by atoms with Crippen LogP contribution in [0.25, 0.3) is 0 Å². The van der Waals surface area contributed by atoms with E-state index in [0.717, 1.165) is 12.0 Å². The molecule has 2 atom stereocenters. The zero-order valence-electron chi connectivity index (χ0n) is 13.1. The van der Waals surface area contributed by atoms with Crippen LogP contribution in [0.3, 0.4) is 0 Å². The van der Waals surface area contributed by atoms with Crippen LogP contribution in [0.2, 0.25) is 0 Å². The van der Waals surface area contributed by atoms with Gasteiger partial charge in [-0.1, -0.05) is 24.3 Å². The quantitative estimate of drug-likeness (QED) is 0.376. The average Bonchev–Trinajstić information content (AvgIpc) is 2.96. The lowest BCUT2D eigenvalue weighted by Gasteiger charge is -2.19. The number of nitrogens with two attached hydrogens (primary N) is 1. The molecule has 1 aromatic carbocycles. The highest BCUT2D eigenvalue weighted by molar-refractivity contribution is 5.94. The standard InChI is InChI=1S/C16H22N4O3/c1-23-9-12-6-14(20(8-12)10-21)16(22)19-7-11-2-4-13(5-3-11)15(17)18/h2-5,10,12,14H,6-9H2,1H3,(H3,17,18)(H,19,22)/t12-,14-/m0/s1. The Hall–Kier alpha value is -2.41. The number of nitrogens with zero attached hydrogens (tertiary/aromatic N) is 1. The molecule has 0 unspecified atom stereocenters. The number of rotatable bonds is 7. The molecule has 1 heterocycles. The van der Waals surface area contributed by atoms with Crippen molar-refractivity contribution in [1.82, 2.24) is 10.2 Å². The number of hydrogen-bond donors (Lipinski definition) is 3. The van der Waals surface area contributed by atoms with E-state index in [1.165, 1.54) is 4.90 Å². The zero-order chi connectivity index (χ0) is 16.8. The molecule has 1 fully saturated rings. The fourth-order valence-corrected chi connectivity index (χ4v) is 2.79. The second-order valence-corrected chi connectivity index (χ2v) is 5.70. The largest absolute Gasteiger partial charge is 0.384 e. The van der Waals surface area contributed by atoms with Gasteiger partial charge in [0.1, 0.15) is 11.9 Å². The zero-order valence-corrected chi connectivity index (χ0v) is 13.1. The summed E-state index contributed by atoms with van der Waals surface area (Å²) in [6, 6.07) is 6.68. The van der Waals surface area contributed by atoms with Crippen LogP contribution in [0, 0.1) is 11.3 Å². The Bertz CT molecular complexity index is 573. The van der Waals surface area contributed by atoms with E-state index >= 15 is 0 Å². The molecule has 4 N–H and O–H groups in total. The van der Waals surface area contributed by atoms with Crippen LogP contribution in [0.4, 0.5) is 0 Å². The number of hydrogen-bond acceptors (Lipinski definition) is 4. The van der Waals surface area contributed by atoms with Gasteiger partial charge < -0.3 is 20.7 Å². The highest BCUT2D eigenvalue weighted by atomic mass is 16.5. The predicted molar refractivity (Wildman–Crippen MR) is 85.8 cm³/mol. The minimum Gasteiger partial charge on any atom is -0.384 e. The maximum Gasteiger partial charge on any atom is 0.243 e. The number of amides is 2. The van der Waals surface area contributed by atoms with Gasteiger partial charge in [-0.15, -0.1) is 0 Å². The minimum absolute atomic E-state index is 0.0114. The molecule has 0 spiro atoms. The van der Waals surface area contributed by atoms with Crippen LogP contribution in [0.15, 0.2) is 24.3 Å². The fourth-order valence-electron chi connectivity index (χ4n) is 2.79. The van der Waals surface area contributed by atoms with Crippen LogP contribution in [0.5, 0.6) is 0 Å². The molecule has 0 aliphatic carbocycles. The van der Waals surface area contributed by atoms with Gasteiger partial charge in [-0.2, -0.15) is 0 Å². The monoisotopic (exact) mass is 318 g/mol. The van der Waals surface area contributed by atoms with Crippen molar-refractivity contribution in [3.63, 3.8) is 0 Å². The first-order valence-electron chi connectivity index (χ1n) is 7.46. The summed E-state index contributed by atoms with van der Waals surface area (Å²) in [5, 5.41) is 10.2. The fraction of sp³-hybridized carbons (Fsp3) is 0.438. The number of benzene rings is 1. The molecule has 2 amide bonds. The van der Waals surface area contributed by atoms with E-state index in [-0.39, 0.29) is 17.7 Å². The van der Waals surface area contributed by atoms with Crippen molar-refractivity contribution in [3.05, 3.63) is 35.4 Å². The number of carbonyl (C=O) groups is 2. The van der Waals surface area contributed by atoms with Crippen molar-refractivity contribution in [2.45, 2.75) is 19.0 Å². The number of methoxy groups -OCH3 is 1. The highest BCUT2D eigenvalue weighted by Gasteiger charge is 2.35. The van der Waals surface area contributed by atoms with Crippen molar-refractivity contribution >= 4 is 18.2 Å². The van der Waals surface area contributed by atoms with Gasteiger partial charge in [0.2, 0.25) is 12.3 Å². The molecular formula is C16H22N4O3. The number of carbonyl (C=O) groups excluding carboxylic acids is 2. The van der Waals surface area contributed by atoms with E-state index in [1.54, 1.807) is 19.2 Å². The molecule has 0 saturated carbocycles. The SMILES string of the molecule is COC[C@H]1C[C@@H](C(=O)NCc2ccc(C(=N)N)cc2)N(C=O)C1. The first-order chi connectivity index (χ1) is 11.0. The van der Waals surface area contributed by atoms with Gasteiger partial charge in [-0.05, 0) is 12.0 Å². The third-order valence-corrected chi connectivity index (χ3v) is 4.00. The number of likely N-dealkylation sites (tertiary alicyclic amines) is 1. The summed E-state index contributed by atoms with van der Waals surface area (Å²) in [6.07, 6.45) is 1.34. The van der Waals surface area contributed by atoms with Gasteiger partial charge >= 0.3 is 0 Å². The Labute approximate surface area is 135 Å². The van der Waals surface area contributed by atoms with Gasteiger partial charge in [0.05, 0.1) is 6.61 Å². The first-order valence-corrected chi connectivity index (χ1v) is 7.46. The third kappa shape index (κ3) is 4.29. The lowest BCUT2D eigenvalue weighted by molar-refractivity contribution is -0.131. The second-order valence-electron chi connectivity index (χ2n) is 5.70. The van der Waals surface area contributed by atoms with E-state index in [2.05, 4.69) is 5.32 Å². The Balaban J connectivity index is 1.90. The van der Waals surface area contributed by atoms with Gasteiger partial charge in [0.25, 0.3) is 0 Å². The Morgan fingerprint density at radius 1 is 1.48 bits per heavy atom. The molecule has 124 valence electrons. The van der Waals surface area contributed by atoms with E-state index in [4.69, 9.17) is 15.9 Å². The molecule has 23 heavy (non-hydrogen) atoms. The third-order valence-electron chi connectivity index (χ3n) is 4.00. The lowest BCUT2D eigenvalue weighted by atomic mass is 10.1. The first kappa shape index (κ1) is 17.0. The number of amidine groups is 1. The van der Waals surface area contributed by atoms with E-state index in [9.17, 15) is 9.59 Å². The maximum atomic E-state index is 12.3. The van der Waals surface area contributed by atoms with Gasteiger partial charge in [-0.3, -0.25) is 15.0 Å². The topological polar surface area (TPSA) is 109 Å². The number of ether oxygens (including phenoxy) is 1. The minimum atomic E-state index is -0.441. The van der Waals surface area contributed by atoms with Gasteiger partial charge in [0.15, 0.2) is 0 Å². The molecule has 7 nitrogen and oxygen atoms in total. The Morgan fingerprint density at radius 3 is 2.74 bits per heavy atom. The molecule has 2 rings (SSSR count).